The van der Waals surface area contributed by atoms with Gasteiger partial charge >= 0.3 is 0 Å². The first kappa shape index (κ1) is 12.0. The molecule has 0 saturated carbocycles. The fourth-order valence-electron chi connectivity index (χ4n) is 1.30. The number of ether oxygens (including phenoxy) is 1. The van der Waals surface area contributed by atoms with E-state index >= 15 is 0 Å². The van der Waals surface area contributed by atoms with E-state index in [0.717, 1.165) is 12.3 Å². The summed E-state index contributed by atoms with van der Waals surface area (Å²) in [7, 11) is 0. The Morgan fingerprint density at radius 1 is 1.33 bits per heavy atom. The summed E-state index contributed by atoms with van der Waals surface area (Å²) < 4.78 is 5.34. The SMILES string of the molecule is CCOc1ccc(CNCC(C)O)cc1. The van der Waals surface area contributed by atoms with Crippen molar-refractivity contribution in [3.05, 3.63) is 29.8 Å². The fourth-order valence-corrected chi connectivity index (χ4v) is 1.30. The first-order valence-electron chi connectivity index (χ1n) is 5.33. The number of nitrogens with one attached hydrogen (secondary N) is 1. The van der Waals surface area contributed by atoms with Gasteiger partial charge in [-0.3, -0.25) is 0 Å². The van der Waals surface area contributed by atoms with Crippen molar-refractivity contribution >= 4 is 0 Å². The second kappa shape index (κ2) is 6.43. The van der Waals surface area contributed by atoms with E-state index in [1.54, 1.807) is 6.92 Å². The summed E-state index contributed by atoms with van der Waals surface area (Å²) in [5.74, 6) is 0.900. The van der Waals surface area contributed by atoms with Crippen LogP contribution < -0.4 is 10.1 Å². The largest absolute Gasteiger partial charge is 0.494 e. The number of hydrogen-bond donors (Lipinski definition) is 2. The van der Waals surface area contributed by atoms with E-state index in [-0.39, 0.29) is 6.10 Å². The molecule has 0 heterocycles. The van der Waals surface area contributed by atoms with Crippen molar-refractivity contribution in [1.82, 2.24) is 5.32 Å². The molecule has 0 aliphatic carbocycles. The summed E-state index contributed by atoms with van der Waals surface area (Å²) in [6.45, 7) is 5.83. The Hall–Kier alpha value is -1.06. The lowest BCUT2D eigenvalue weighted by Gasteiger charge is -2.08. The third-order valence-electron chi connectivity index (χ3n) is 2.00. The normalized spacial score (nSPS) is 12.5. The molecule has 0 bridgehead atoms. The summed E-state index contributed by atoms with van der Waals surface area (Å²) in [6, 6.07) is 7.98. The van der Waals surface area contributed by atoms with Crippen LogP contribution in [-0.2, 0) is 6.54 Å². The molecule has 1 rings (SSSR count). The van der Waals surface area contributed by atoms with Gasteiger partial charge in [0.25, 0.3) is 0 Å². The first-order valence-corrected chi connectivity index (χ1v) is 5.33. The van der Waals surface area contributed by atoms with Crippen LogP contribution in [0.4, 0.5) is 0 Å². The Morgan fingerprint density at radius 3 is 2.53 bits per heavy atom. The van der Waals surface area contributed by atoms with Gasteiger partial charge in [-0.25, -0.2) is 0 Å². The highest BCUT2D eigenvalue weighted by atomic mass is 16.5. The molecule has 1 aromatic rings. The summed E-state index contributed by atoms with van der Waals surface area (Å²) in [5, 5.41) is 12.2. The van der Waals surface area contributed by atoms with Crippen LogP contribution in [0.1, 0.15) is 19.4 Å². The van der Waals surface area contributed by atoms with Crippen molar-refractivity contribution in [2.45, 2.75) is 26.5 Å². The molecule has 0 fully saturated rings. The number of benzene rings is 1. The summed E-state index contributed by atoms with van der Waals surface area (Å²) in [4.78, 5) is 0. The molecule has 0 amide bonds. The van der Waals surface area contributed by atoms with E-state index in [1.807, 2.05) is 31.2 Å². The maximum atomic E-state index is 9.06. The lowest BCUT2D eigenvalue weighted by atomic mass is 10.2. The molecule has 2 N–H and O–H groups in total. The number of aliphatic hydroxyl groups is 1. The zero-order valence-corrected chi connectivity index (χ0v) is 9.36. The van der Waals surface area contributed by atoms with Gasteiger partial charge in [-0.1, -0.05) is 12.1 Å². The van der Waals surface area contributed by atoms with Crippen LogP contribution in [0, 0.1) is 0 Å². The van der Waals surface area contributed by atoms with Crippen LogP contribution >= 0.6 is 0 Å². The van der Waals surface area contributed by atoms with Gasteiger partial charge in [-0.15, -0.1) is 0 Å². The van der Waals surface area contributed by atoms with Gasteiger partial charge in [0.2, 0.25) is 0 Å². The molecule has 1 atom stereocenters. The van der Waals surface area contributed by atoms with E-state index in [2.05, 4.69) is 5.32 Å². The maximum Gasteiger partial charge on any atom is 0.119 e. The van der Waals surface area contributed by atoms with Crippen LogP contribution in [-0.4, -0.2) is 24.4 Å². The third-order valence-corrected chi connectivity index (χ3v) is 2.00. The smallest absolute Gasteiger partial charge is 0.119 e. The minimum absolute atomic E-state index is 0.298. The molecule has 1 aromatic carbocycles. The average molecular weight is 209 g/mol. The molecule has 0 aliphatic heterocycles. The van der Waals surface area contributed by atoms with Crippen molar-refractivity contribution in [3.8, 4) is 5.75 Å². The van der Waals surface area contributed by atoms with Crippen molar-refractivity contribution in [2.24, 2.45) is 0 Å². The second-order valence-corrected chi connectivity index (χ2v) is 3.56. The van der Waals surface area contributed by atoms with Crippen LogP contribution in [0.25, 0.3) is 0 Å². The van der Waals surface area contributed by atoms with Gasteiger partial charge in [0, 0.05) is 13.1 Å². The molecule has 3 heteroatoms. The Bertz CT molecular complexity index is 269. The number of rotatable bonds is 6. The summed E-state index contributed by atoms with van der Waals surface area (Å²) in [6.07, 6.45) is -0.298. The predicted octanol–water partition coefficient (Wildman–Crippen LogP) is 1.56. The van der Waals surface area contributed by atoms with E-state index in [9.17, 15) is 0 Å². The monoisotopic (exact) mass is 209 g/mol. The highest BCUT2D eigenvalue weighted by Crippen LogP contribution is 2.11. The van der Waals surface area contributed by atoms with Gasteiger partial charge in [-0.2, -0.15) is 0 Å². The standard InChI is InChI=1S/C12H19NO2/c1-3-15-12-6-4-11(5-7-12)9-13-8-10(2)14/h4-7,10,13-14H,3,8-9H2,1-2H3. The fraction of sp³-hybridized carbons (Fsp3) is 0.500. The topological polar surface area (TPSA) is 41.5 Å². The third kappa shape index (κ3) is 4.81. The summed E-state index contributed by atoms with van der Waals surface area (Å²) in [5.41, 5.74) is 1.19. The van der Waals surface area contributed by atoms with Crippen molar-refractivity contribution in [3.63, 3.8) is 0 Å². The number of aliphatic hydroxyl groups excluding tert-OH is 1. The Kier molecular flexibility index (Phi) is 5.15. The molecule has 0 spiro atoms. The van der Waals surface area contributed by atoms with E-state index in [0.29, 0.717) is 13.2 Å². The van der Waals surface area contributed by atoms with Crippen molar-refractivity contribution in [2.75, 3.05) is 13.2 Å². The molecule has 84 valence electrons. The molecule has 3 nitrogen and oxygen atoms in total. The minimum Gasteiger partial charge on any atom is -0.494 e. The zero-order valence-electron chi connectivity index (χ0n) is 9.36. The highest BCUT2D eigenvalue weighted by Gasteiger charge is 1.96. The van der Waals surface area contributed by atoms with Crippen LogP contribution in [0.2, 0.25) is 0 Å². The lowest BCUT2D eigenvalue weighted by Crippen LogP contribution is -2.23. The van der Waals surface area contributed by atoms with E-state index in [1.165, 1.54) is 5.56 Å². The van der Waals surface area contributed by atoms with Crippen LogP contribution in [0.5, 0.6) is 5.75 Å². The Morgan fingerprint density at radius 2 is 2.00 bits per heavy atom. The van der Waals surface area contributed by atoms with Crippen LogP contribution in [0.3, 0.4) is 0 Å². The molecule has 1 unspecified atom stereocenters. The minimum atomic E-state index is -0.298. The lowest BCUT2D eigenvalue weighted by molar-refractivity contribution is 0.191. The highest BCUT2D eigenvalue weighted by molar-refractivity contribution is 5.27. The first-order chi connectivity index (χ1) is 7.22. The molecule has 0 aliphatic rings. The molecule has 0 radical (unpaired) electrons. The van der Waals surface area contributed by atoms with Crippen LogP contribution in [0.15, 0.2) is 24.3 Å². The van der Waals surface area contributed by atoms with E-state index in [4.69, 9.17) is 9.84 Å². The maximum absolute atomic E-state index is 9.06. The van der Waals surface area contributed by atoms with Gasteiger partial charge in [0.1, 0.15) is 5.75 Å². The molecule has 0 saturated heterocycles. The van der Waals surface area contributed by atoms with Gasteiger partial charge < -0.3 is 15.2 Å². The molecule has 0 aromatic heterocycles. The summed E-state index contributed by atoms with van der Waals surface area (Å²) >= 11 is 0. The van der Waals surface area contributed by atoms with E-state index < -0.39 is 0 Å². The average Bonchev–Trinajstić information content (AvgIpc) is 2.20. The van der Waals surface area contributed by atoms with Crippen molar-refractivity contribution in [1.29, 1.82) is 0 Å². The quantitative estimate of drug-likeness (QED) is 0.747. The number of hydrogen-bond acceptors (Lipinski definition) is 3. The van der Waals surface area contributed by atoms with Gasteiger partial charge in [0.05, 0.1) is 12.7 Å². The molecular weight excluding hydrogens is 190 g/mol. The zero-order chi connectivity index (χ0) is 11.1. The molecule has 15 heavy (non-hydrogen) atoms. The Balaban J connectivity index is 2.36. The van der Waals surface area contributed by atoms with Crippen molar-refractivity contribution < 1.29 is 9.84 Å². The second-order valence-electron chi connectivity index (χ2n) is 3.56. The van der Waals surface area contributed by atoms with Gasteiger partial charge in [0.15, 0.2) is 0 Å². The van der Waals surface area contributed by atoms with Gasteiger partial charge in [-0.05, 0) is 31.5 Å². The Labute approximate surface area is 91.1 Å². The molecular formula is C12H19NO2. The predicted molar refractivity (Wildman–Crippen MR) is 61.0 cm³/mol.